The number of rotatable bonds is 7. The summed E-state index contributed by atoms with van der Waals surface area (Å²) in [5.74, 6) is 0.625. The van der Waals surface area contributed by atoms with E-state index in [0.717, 1.165) is 10.1 Å². The number of H-pyrrole nitrogens is 1. The van der Waals surface area contributed by atoms with Crippen LogP contribution in [0.2, 0.25) is 5.02 Å². The number of nitrogens with one attached hydrogen (secondary N) is 2. The van der Waals surface area contributed by atoms with Crippen LogP contribution in [0.25, 0.3) is 0 Å². The number of nitrogens with zero attached hydrogens (tertiary/aromatic N) is 4. The Bertz CT molecular complexity index is 1290. The maximum Gasteiger partial charge on any atom is 0.335 e. The highest BCUT2D eigenvalue weighted by Crippen LogP contribution is 2.22. The molecule has 0 amide bonds. The lowest BCUT2D eigenvalue weighted by atomic mass is 10.2. The molecule has 32 heavy (non-hydrogen) atoms. The molecule has 0 spiro atoms. The molecule has 0 saturated heterocycles. The van der Waals surface area contributed by atoms with Gasteiger partial charge in [0.2, 0.25) is 11.2 Å². The van der Waals surface area contributed by atoms with Crippen LogP contribution in [0, 0.1) is 0 Å². The Morgan fingerprint density at radius 3 is 2.53 bits per heavy atom. The van der Waals surface area contributed by atoms with Gasteiger partial charge in [-0.3, -0.25) is 9.55 Å². The van der Waals surface area contributed by atoms with Crippen LogP contribution >= 0.6 is 23.5 Å². The number of hydrogen-bond acceptors (Lipinski definition) is 8. The number of halogens is 1. The van der Waals surface area contributed by atoms with Crippen molar-refractivity contribution in [1.82, 2.24) is 19.4 Å². The standard InChI is InChI=1S/C20H20ClN7O3S/c21-14-3-1-13(2-4-14)11-28-17(26-18(29)27(10-9-22)20(28)30)25-15-5-7-16(8-6-15)31-19-23-12-24-32-19/h1-8,12,19H,9-11,22H2,(H,23,24)(H,25,26,29). The van der Waals surface area contributed by atoms with E-state index in [1.54, 1.807) is 42.7 Å². The second-order valence-electron chi connectivity index (χ2n) is 6.75. The molecule has 1 unspecified atom stereocenters. The lowest BCUT2D eigenvalue weighted by Gasteiger charge is -2.12. The normalized spacial score (nSPS) is 15.7. The van der Waals surface area contributed by atoms with Gasteiger partial charge in [-0.1, -0.05) is 23.7 Å². The van der Waals surface area contributed by atoms with Crippen LogP contribution in [0.1, 0.15) is 5.56 Å². The molecular formula is C20H20ClN7O3S. The van der Waals surface area contributed by atoms with E-state index in [4.69, 9.17) is 22.1 Å². The number of aromatic amines is 1. The lowest BCUT2D eigenvalue weighted by molar-refractivity contribution is 0.279. The fraction of sp³-hybridized carbons (Fsp3) is 0.200. The van der Waals surface area contributed by atoms with Gasteiger partial charge in [-0.05, 0) is 42.0 Å². The topological polar surface area (TPSA) is 132 Å². The van der Waals surface area contributed by atoms with Crippen LogP contribution in [-0.4, -0.2) is 32.6 Å². The van der Waals surface area contributed by atoms with E-state index in [1.807, 2.05) is 12.1 Å². The van der Waals surface area contributed by atoms with Gasteiger partial charge >= 0.3 is 11.4 Å². The van der Waals surface area contributed by atoms with Crippen LogP contribution in [0.15, 0.2) is 67.5 Å². The van der Waals surface area contributed by atoms with Crippen LogP contribution in [0.3, 0.4) is 0 Å². The maximum absolute atomic E-state index is 13.0. The van der Waals surface area contributed by atoms with Crippen LogP contribution in [-0.2, 0) is 13.1 Å². The first-order valence-corrected chi connectivity index (χ1v) is 10.9. The first-order valence-electron chi connectivity index (χ1n) is 9.67. The highest BCUT2D eigenvalue weighted by Gasteiger charge is 2.13. The van der Waals surface area contributed by atoms with Crippen molar-refractivity contribution in [2.75, 3.05) is 6.54 Å². The molecule has 0 radical (unpaired) electrons. The number of nitrogens with two attached hydrogens (primary N) is 1. The van der Waals surface area contributed by atoms with Gasteiger partial charge in [-0.25, -0.2) is 23.5 Å². The number of ether oxygens (including phenoxy) is 1. The van der Waals surface area contributed by atoms with Gasteiger partial charge in [0.15, 0.2) is 0 Å². The van der Waals surface area contributed by atoms with E-state index in [-0.39, 0.29) is 30.8 Å². The lowest BCUT2D eigenvalue weighted by Crippen LogP contribution is -2.50. The summed E-state index contributed by atoms with van der Waals surface area (Å²) in [5.41, 5.74) is 5.69. The van der Waals surface area contributed by atoms with E-state index < -0.39 is 11.4 Å². The summed E-state index contributed by atoms with van der Waals surface area (Å²) in [6.07, 6.45) is 1.57. The predicted octanol–water partition coefficient (Wildman–Crippen LogP) is 1.17. The fourth-order valence-electron chi connectivity index (χ4n) is 2.99. The SMILES string of the molecule is NCCn1c(=O)[nH]/c(=N\c2ccc(OC3NC=NS3)cc2)n(Cc2ccc(Cl)cc2)c1=O. The summed E-state index contributed by atoms with van der Waals surface area (Å²) >= 11 is 7.23. The van der Waals surface area contributed by atoms with Crippen molar-refractivity contribution in [1.29, 1.82) is 0 Å². The molecule has 1 aliphatic rings. The summed E-state index contributed by atoms with van der Waals surface area (Å²) in [4.78, 5) is 32.7. The monoisotopic (exact) mass is 473 g/mol. The summed E-state index contributed by atoms with van der Waals surface area (Å²) in [6, 6.07) is 14.0. The molecule has 0 bridgehead atoms. The second kappa shape index (κ2) is 9.90. The highest BCUT2D eigenvalue weighted by molar-refractivity contribution is 7.98. The van der Waals surface area contributed by atoms with Crippen LogP contribution in [0.4, 0.5) is 5.69 Å². The van der Waals surface area contributed by atoms with Crippen molar-refractivity contribution in [2.24, 2.45) is 15.1 Å². The van der Waals surface area contributed by atoms with E-state index in [2.05, 4.69) is 19.7 Å². The minimum atomic E-state index is -0.573. The van der Waals surface area contributed by atoms with Gasteiger partial charge in [0.1, 0.15) is 12.1 Å². The van der Waals surface area contributed by atoms with Crippen molar-refractivity contribution in [2.45, 2.75) is 18.6 Å². The molecule has 166 valence electrons. The second-order valence-corrected chi connectivity index (χ2v) is 8.04. The minimum absolute atomic E-state index is 0.0953. The highest BCUT2D eigenvalue weighted by atomic mass is 35.5. The molecule has 3 aromatic rings. The van der Waals surface area contributed by atoms with Crippen molar-refractivity contribution in [3.05, 3.63) is 85.7 Å². The van der Waals surface area contributed by atoms with Crippen molar-refractivity contribution >= 4 is 35.6 Å². The van der Waals surface area contributed by atoms with E-state index in [9.17, 15) is 9.59 Å². The van der Waals surface area contributed by atoms with Gasteiger partial charge in [-0.15, -0.1) is 0 Å². The molecule has 1 atom stereocenters. The summed E-state index contributed by atoms with van der Waals surface area (Å²) in [5, 5.41) is 3.54. The van der Waals surface area contributed by atoms with Gasteiger partial charge in [-0.2, -0.15) is 0 Å². The van der Waals surface area contributed by atoms with E-state index in [1.165, 1.54) is 16.5 Å². The van der Waals surface area contributed by atoms with Crippen molar-refractivity contribution < 1.29 is 4.74 Å². The van der Waals surface area contributed by atoms with Crippen LogP contribution < -0.4 is 32.8 Å². The van der Waals surface area contributed by atoms with Crippen molar-refractivity contribution in [3.8, 4) is 5.75 Å². The quantitative estimate of drug-likeness (QED) is 0.441. The zero-order valence-corrected chi connectivity index (χ0v) is 18.3. The number of hydrogen-bond donors (Lipinski definition) is 3. The van der Waals surface area contributed by atoms with E-state index >= 15 is 0 Å². The molecule has 1 aromatic heterocycles. The van der Waals surface area contributed by atoms with Crippen molar-refractivity contribution in [3.63, 3.8) is 0 Å². The third-order valence-corrected chi connectivity index (χ3v) is 5.43. The van der Waals surface area contributed by atoms with Crippen LogP contribution in [0.5, 0.6) is 5.75 Å². The van der Waals surface area contributed by atoms with Gasteiger partial charge in [0, 0.05) is 30.1 Å². The average molecular weight is 474 g/mol. The molecule has 0 saturated carbocycles. The number of aromatic nitrogens is 3. The average Bonchev–Trinajstić information content (AvgIpc) is 3.30. The molecule has 2 heterocycles. The Hall–Kier alpha value is -3.28. The fourth-order valence-corrected chi connectivity index (χ4v) is 3.63. The van der Waals surface area contributed by atoms with Gasteiger partial charge in [0.05, 0.1) is 12.2 Å². The predicted molar refractivity (Wildman–Crippen MR) is 124 cm³/mol. The zero-order valence-electron chi connectivity index (χ0n) is 16.8. The molecule has 4 rings (SSSR count). The summed E-state index contributed by atoms with van der Waals surface area (Å²) < 4.78 is 12.1. The summed E-state index contributed by atoms with van der Waals surface area (Å²) in [6.45, 7) is 0.445. The molecular weight excluding hydrogens is 454 g/mol. The Morgan fingerprint density at radius 2 is 1.88 bits per heavy atom. The summed E-state index contributed by atoms with van der Waals surface area (Å²) in [7, 11) is 0. The molecule has 10 nitrogen and oxygen atoms in total. The first-order chi connectivity index (χ1) is 15.5. The number of benzene rings is 2. The van der Waals surface area contributed by atoms with Gasteiger partial charge < -0.3 is 15.8 Å². The molecule has 0 aliphatic carbocycles. The zero-order chi connectivity index (χ0) is 22.5. The molecule has 2 aromatic carbocycles. The van der Waals surface area contributed by atoms with Gasteiger partial charge in [0.25, 0.3) is 0 Å². The molecule has 12 heteroatoms. The third-order valence-electron chi connectivity index (χ3n) is 4.52. The minimum Gasteiger partial charge on any atom is -0.459 e. The molecule has 4 N–H and O–H groups in total. The van der Waals surface area contributed by atoms with E-state index in [0.29, 0.717) is 16.5 Å². The smallest absolute Gasteiger partial charge is 0.335 e. The molecule has 0 fully saturated rings. The Balaban J connectivity index is 1.71. The molecule has 1 aliphatic heterocycles. The first kappa shape index (κ1) is 21.9. The maximum atomic E-state index is 13.0. The largest absolute Gasteiger partial charge is 0.459 e. The Kier molecular flexibility index (Phi) is 6.78. The third kappa shape index (κ3) is 5.13. The Morgan fingerprint density at radius 1 is 1.12 bits per heavy atom. The Labute approximate surface area is 191 Å².